The Labute approximate surface area is 159 Å². The molecular weight excluding hydrogens is 347 g/mol. The number of alkyl halides is 1. The van der Waals surface area contributed by atoms with Crippen LogP contribution in [0.2, 0.25) is 0 Å². The van der Waals surface area contributed by atoms with Gasteiger partial charge in [0.15, 0.2) is 0 Å². The Kier molecular flexibility index (Phi) is 5.34. The second kappa shape index (κ2) is 7.89. The maximum atomic E-state index is 14.8. The number of furan rings is 1. The summed E-state index contributed by atoms with van der Waals surface area (Å²) in [7, 11) is 0. The molecule has 0 N–H and O–H groups in total. The molecule has 0 aliphatic carbocycles. The third-order valence-electron chi connectivity index (χ3n) is 5.98. The number of hydrogen-bond donors (Lipinski definition) is 0. The number of nitrogens with zero attached hydrogens (tertiary/aromatic N) is 2. The molecule has 27 heavy (non-hydrogen) atoms. The van der Waals surface area contributed by atoms with Crippen LogP contribution in [0.25, 0.3) is 11.0 Å². The average molecular weight is 374 g/mol. The molecule has 2 aliphatic rings. The summed E-state index contributed by atoms with van der Waals surface area (Å²) in [5.74, 6) is 0.453. The van der Waals surface area contributed by atoms with Crippen molar-refractivity contribution in [3.8, 4) is 0 Å². The lowest BCUT2D eigenvalue weighted by atomic mass is 9.87. The van der Waals surface area contributed by atoms with Crippen molar-refractivity contribution in [2.75, 3.05) is 32.8 Å². The second-order valence-electron chi connectivity index (χ2n) is 7.51. The van der Waals surface area contributed by atoms with E-state index in [0.29, 0.717) is 25.5 Å². The maximum Gasteiger partial charge on any atom is 0.409 e. The van der Waals surface area contributed by atoms with Gasteiger partial charge >= 0.3 is 6.09 Å². The summed E-state index contributed by atoms with van der Waals surface area (Å²) in [6.45, 7) is 4.56. The van der Waals surface area contributed by atoms with Crippen LogP contribution in [0.4, 0.5) is 9.18 Å². The van der Waals surface area contributed by atoms with E-state index in [1.54, 1.807) is 13.2 Å². The van der Waals surface area contributed by atoms with Crippen molar-refractivity contribution < 1.29 is 18.3 Å². The van der Waals surface area contributed by atoms with Crippen molar-refractivity contribution in [3.63, 3.8) is 0 Å². The first-order valence-electron chi connectivity index (χ1n) is 9.93. The van der Waals surface area contributed by atoms with Gasteiger partial charge in [-0.05, 0) is 56.8 Å². The molecule has 146 valence electrons. The minimum atomic E-state index is -1.02. The third kappa shape index (κ3) is 3.68. The fourth-order valence-electron chi connectivity index (χ4n) is 4.56. The summed E-state index contributed by atoms with van der Waals surface area (Å²) < 4.78 is 25.5. The molecular formula is C21H27FN2O3. The van der Waals surface area contributed by atoms with Crippen molar-refractivity contribution in [2.24, 2.45) is 0 Å². The number of carbonyl (C=O) groups is 1. The van der Waals surface area contributed by atoms with Gasteiger partial charge in [-0.3, -0.25) is 4.90 Å². The molecule has 1 aromatic heterocycles. The summed E-state index contributed by atoms with van der Waals surface area (Å²) in [6.07, 6.45) is 3.00. The fraction of sp³-hybridized carbons (Fsp3) is 0.571. The monoisotopic (exact) mass is 374 g/mol. The lowest BCUT2D eigenvalue weighted by molar-refractivity contribution is 0.0178. The van der Waals surface area contributed by atoms with Crippen LogP contribution in [0.1, 0.15) is 37.7 Å². The number of hydrogen-bond acceptors (Lipinski definition) is 4. The van der Waals surface area contributed by atoms with Crippen molar-refractivity contribution in [1.29, 1.82) is 0 Å². The first-order valence-corrected chi connectivity index (χ1v) is 9.93. The smallest absolute Gasteiger partial charge is 0.409 e. The molecule has 2 aliphatic heterocycles. The van der Waals surface area contributed by atoms with Crippen LogP contribution in [0, 0.1) is 0 Å². The maximum absolute atomic E-state index is 14.8. The topological polar surface area (TPSA) is 45.9 Å². The van der Waals surface area contributed by atoms with E-state index >= 15 is 0 Å². The molecule has 5 nitrogen and oxygen atoms in total. The minimum Gasteiger partial charge on any atom is -0.464 e. The normalized spacial score (nSPS) is 25.0. The molecule has 2 atom stereocenters. The van der Waals surface area contributed by atoms with E-state index in [4.69, 9.17) is 9.15 Å². The van der Waals surface area contributed by atoms with Gasteiger partial charge in [-0.25, -0.2) is 9.18 Å². The van der Waals surface area contributed by atoms with Crippen LogP contribution in [0.5, 0.6) is 0 Å². The van der Waals surface area contributed by atoms with E-state index in [0.717, 1.165) is 36.9 Å². The fourth-order valence-corrected chi connectivity index (χ4v) is 4.56. The quantitative estimate of drug-likeness (QED) is 0.809. The van der Waals surface area contributed by atoms with Crippen LogP contribution in [0.3, 0.4) is 0 Å². The molecule has 4 rings (SSSR count). The predicted octanol–water partition coefficient (Wildman–Crippen LogP) is 4.18. The van der Waals surface area contributed by atoms with Crippen LogP contribution in [-0.2, 0) is 4.74 Å². The highest BCUT2D eigenvalue weighted by atomic mass is 19.1. The minimum absolute atomic E-state index is 0.101. The van der Waals surface area contributed by atoms with Crippen molar-refractivity contribution in [3.05, 3.63) is 36.1 Å². The number of benzene rings is 1. The zero-order valence-corrected chi connectivity index (χ0v) is 15.8. The van der Waals surface area contributed by atoms with E-state index in [1.165, 1.54) is 10.5 Å². The number of piperidine rings is 2. The molecule has 3 heterocycles. The Morgan fingerprint density at radius 3 is 2.78 bits per heavy atom. The summed E-state index contributed by atoms with van der Waals surface area (Å²) in [4.78, 5) is 15.6. The first-order chi connectivity index (χ1) is 13.2. The largest absolute Gasteiger partial charge is 0.464 e. The molecule has 6 heteroatoms. The van der Waals surface area contributed by atoms with E-state index < -0.39 is 12.3 Å². The molecule has 2 fully saturated rings. The Balaban J connectivity index is 1.36. The number of amides is 1. The summed E-state index contributed by atoms with van der Waals surface area (Å²) in [6, 6.07) is 8.21. The van der Waals surface area contributed by atoms with Gasteiger partial charge in [-0.1, -0.05) is 18.2 Å². The number of para-hydroxylation sites is 1. The molecule has 0 bridgehead atoms. The predicted molar refractivity (Wildman–Crippen MR) is 102 cm³/mol. The number of ether oxygens (including phenoxy) is 1. The molecule has 1 aromatic carbocycles. The Morgan fingerprint density at radius 2 is 2.04 bits per heavy atom. The highest BCUT2D eigenvalue weighted by Gasteiger charge is 2.37. The van der Waals surface area contributed by atoms with Crippen LogP contribution in [-0.4, -0.2) is 60.9 Å². The van der Waals surface area contributed by atoms with Gasteiger partial charge in [-0.15, -0.1) is 0 Å². The van der Waals surface area contributed by atoms with E-state index in [-0.39, 0.29) is 12.6 Å². The number of halogens is 1. The van der Waals surface area contributed by atoms with Crippen LogP contribution in [0.15, 0.2) is 34.9 Å². The molecule has 0 radical (unpaired) electrons. The molecule has 0 saturated carbocycles. The number of carbonyl (C=O) groups excluding carboxylic acids is 1. The van der Waals surface area contributed by atoms with Gasteiger partial charge in [0.2, 0.25) is 0 Å². The van der Waals surface area contributed by atoms with Gasteiger partial charge in [0, 0.05) is 18.0 Å². The molecule has 1 amide bonds. The Morgan fingerprint density at radius 1 is 1.22 bits per heavy atom. The molecule has 0 spiro atoms. The van der Waals surface area contributed by atoms with Gasteiger partial charge < -0.3 is 14.1 Å². The van der Waals surface area contributed by atoms with Crippen molar-refractivity contribution in [1.82, 2.24) is 9.80 Å². The Hall–Kier alpha value is -2.08. The molecule has 2 aromatic rings. The van der Waals surface area contributed by atoms with Gasteiger partial charge in [-0.2, -0.15) is 0 Å². The Bertz CT molecular complexity index is 785. The second-order valence-corrected chi connectivity index (χ2v) is 7.51. The molecule has 2 unspecified atom stereocenters. The van der Waals surface area contributed by atoms with E-state index in [2.05, 4.69) is 23.1 Å². The zero-order chi connectivity index (χ0) is 18.8. The van der Waals surface area contributed by atoms with Crippen molar-refractivity contribution in [2.45, 2.75) is 44.3 Å². The number of fused-ring (bicyclic) bond motifs is 1. The lowest BCUT2D eigenvalue weighted by Crippen LogP contribution is -2.55. The summed E-state index contributed by atoms with van der Waals surface area (Å²) in [5, 5.41) is 1.14. The average Bonchev–Trinajstić information content (AvgIpc) is 3.17. The summed E-state index contributed by atoms with van der Waals surface area (Å²) >= 11 is 0. The SMILES string of the molecule is CCOC(=O)N1CCC(N2CCC(c3cccc4ccoc34)CC2)C(F)C1. The van der Waals surface area contributed by atoms with Gasteiger partial charge in [0.05, 0.1) is 19.4 Å². The summed E-state index contributed by atoms with van der Waals surface area (Å²) in [5.41, 5.74) is 2.26. The highest BCUT2D eigenvalue weighted by molar-refractivity contribution is 5.80. The molecule has 2 saturated heterocycles. The van der Waals surface area contributed by atoms with Gasteiger partial charge in [0.1, 0.15) is 11.8 Å². The van der Waals surface area contributed by atoms with Crippen LogP contribution < -0.4 is 0 Å². The number of likely N-dealkylation sites (tertiary alicyclic amines) is 2. The van der Waals surface area contributed by atoms with E-state index in [9.17, 15) is 9.18 Å². The van der Waals surface area contributed by atoms with Crippen molar-refractivity contribution >= 4 is 17.1 Å². The zero-order valence-electron chi connectivity index (χ0n) is 15.8. The lowest BCUT2D eigenvalue weighted by Gasteiger charge is -2.43. The van der Waals surface area contributed by atoms with Crippen LogP contribution >= 0.6 is 0 Å². The third-order valence-corrected chi connectivity index (χ3v) is 5.98. The number of rotatable bonds is 3. The first kappa shape index (κ1) is 18.3. The highest BCUT2D eigenvalue weighted by Crippen LogP contribution is 2.35. The van der Waals surface area contributed by atoms with Gasteiger partial charge in [0.25, 0.3) is 0 Å². The standard InChI is InChI=1S/C21H27FN2O3/c1-2-26-21(25)24-12-8-19(18(22)14-24)23-10-6-15(7-11-23)17-5-3-4-16-9-13-27-20(16)17/h3-5,9,13,15,18-19H,2,6-8,10-12,14H2,1H3. The van der Waals surface area contributed by atoms with E-state index in [1.807, 2.05) is 6.07 Å².